The number of hydrogen-bond donors (Lipinski definition) is 1. The van der Waals surface area contributed by atoms with Crippen LogP contribution >= 0.6 is 0 Å². The Morgan fingerprint density at radius 1 is 1.00 bits per heavy atom. The van der Waals surface area contributed by atoms with Crippen LogP contribution < -0.4 is 0 Å². The fourth-order valence-electron chi connectivity index (χ4n) is 3.47. The molecule has 1 atom stereocenters. The molecule has 0 heterocycles. The topological polar surface area (TPSA) is 29.5 Å². The lowest BCUT2D eigenvalue weighted by Gasteiger charge is -2.22. The summed E-state index contributed by atoms with van der Waals surface area (Å²) in [6.07, 6.45) is 5.79. The highest BCUT2D eigenvalue weighted by Gasteiger charge is 2.19. The van der Waals surface area contributed by atoms with Crippen molar-refractivity contribution >= 4 is 0 Å². The van der Waals surface area contributed by atoms with Crippen LogP contribution in [-0.4, -0.2) is 5.26 Å². The normalized spacial score (nSPS) is 17.2. The van der Waals surface area contributed by atoms with Gasteiger partial charge in [0, 0.05) is 0 Å². The van der Waals surface area contributed by atoms with Gasteiger partial charge in [-0.25, -0.2) is 9.28 Å². The molecular formula is C20H23FO2. The summed E-state index contributed by atoms with van der Waals surface area (Å²) in [5, 5.41) is 9.29. The van der Waals surface area contributed by atoms with Gasteiger partial charge in [0.25, 0.3) is 0 Å². The smallest absolute Gasteiger partial charge is 0.143 e. The standard InChI is InChI=1S/C20H23FO2/c1-14-7-8-18(13-19(14)21)20(23-22)17-11-9-16(10-12-17)15-5-3-2-4-6-15/h7-13,15,20,22H,2-6H2,1H3. The number of aryl methyl sites for hydroxylation is 1. The van der Waals surface area contributed by atoms with Gasteiger partial charge in [-0.2, -0.15) is 0 Å². The van der Waals surface area contributed by atoms with Crippen LogP contribution in [0.5, 0.6) is 0 Å². The highest BCUT2D eigenvalue weighted by atomic mass is 19.1. The van der Waals surface area contributed by atoms with Crippen LogP contribution in [0.4, 0.5) is 4.39 Å². The first-order valence-electron chi connectivity index (χ1n) is 8.35. The summed E-state index contributed by atoms with van der Waals surface area (Å²) in [5.74, 6) is 0.353. The first-order chi connectivity index (χ1) is 11.2. The van der Waals surface area contributed by atoms with Gasteiger partial charge < -0.3 is 0 Å². The van der Waals surface area contributed by atoms with Gasteiger partial charge in [0.15, 0.2) is 0 Å². The Morgan fingerprint density at radius 2 is 1.65 bits per heavy atom. The molecule has 1 N–H and O–H groups in total. The molecule has 0 amide bonds. The molecule has 122 valence electrons. The minimum absolute atomic E-state index is 0.289. The Balaban J connectivity index is 1.82. The number of benzene rings is 2. The number of halogens is 1. The van der Waals surface area contributed by atoms with Crippen molar-refractivity contribution in [3.05, 3.63) is 70.5 Å². The molecule has 0 radical (unpaired) electrons. The van der Waals surface area contributed by atoms with Gasteiger partial charge >= 0.3 is 0 Å². The largest absolute Gasteiger partial charge is 0.251 e. The van der Waals surface area contributed by atoms with Crippen molar-refractivity contribution in [1.82, 2.24) is 0 Å². The molecule has 0 saturated heterocycles. The van der Waals surface area contributed by atoms with Gasteiger partial charge in [0.05, 0.1) is 0 Å². The van der Waals surface area contributed by atoms with Crippen LogP contribution in [0.3, 0.4) is 0 Å². The summed E-state index contributed by atoms with van der Waals surface area (Å²) in [7, 11) is 0. The zero-order valence-corrected chi connectivity index (χ0v) is 13.5. The number of rotatable bonds is 4. The van der Waals surface area contributed by atoms with Gasteiger partial charge in [0.2, 0.25) is 0 Å². The zero-order valence-electron chi connectivity index (χ0n) is 13.5. The quantitative estimate of drug-likeness (QED) is 0.574. The molecule has 1 aliphatic carbocycles. The van der Waals surface area contributed by atoms with Crippen molar-refractivity contribution in [2.24, 2.45) is 0 Å². The highest BCUT2D eigenvalue weighted by Crippen LogP contribution is 2.34. The summed E-state index contributed by atoms with van der Waals surface area (Å²) in [5.41, 5.74) is 3.37. The van der Waals surface area contributed by atoms with Crippen LogP contribution in [0.2, 0.25) is 0 Å². The van der Waals surface area contributed by atoms with E-state index in [0.717, 1.165) is 5.56 Å². The maximum Gasteiger partial charge on any atom is 0.143 e. The summed E-state index contributed by atoms with van der Waals surface area (Å²) < 4.78 is 13.8. The van der Waals surface area contributed by atoms with Crippen molar-refractivity contribution in [3.63, 3.8) is 0 Å². The SMILES string of the molecule is Cc1ccc(C(OO)c2ccc(C3CCCCC3)cc2)cc1F. The number of hydrogen-bond acceptors (Lipinski definition) is 2. The van der Waals surface area contributed by atoms with Gasteiger partial charge in [-0.15, -0.1) is 0 Å². The molecule has 0 aliphatic heterocycles. The van der Waals surface area contributed by atoms with Gasteiger partial charge in [-0.1, -0.05) is 55.7 Å². The van der Waals surface area contributed by atoms with E-state index in [4.69, 9.17) is 0 Å². The van der Waals surface area contributed by atoms with Gasteiger partial charge in [-0.05, 0) is 54.0 Å². The first-order valence-corrected chi connectivity index (χ1v) is 8.35. The predicted octanol–water partition coefficient (Wildman–Crippen LogP) is 5.76. The van der Waals surface area contributed by atoms with Crippen molar-refractivity contribution < 1.29 is 14.5 Å². The van der Waals surface area contributed by atoms with Crippen molar-refractivity contribution in [3.8, 4) is 0 Å². The fourth-order valence-corrected chi connectivity index (χ4v) is 3.47. The third-order valence-electron chi connectivity index (χ3n) is 4.92. The Bertz CT molecular complexity index is 645. The summed E-state index contributed by atoms with van der Waals surface area (Å²) in [4.78, 5) is 4.64. The monoisotopic (exact) mass is 314 g/mol. The van der Waals surface area contributed by atoms with E-state index in [0.29, 0.717) is 17.0 Å². The average Bonchev–Trinajstić information content (AvgIpc) is 2.60. The lowest BCUT2D eigenvalue weighted by atomic mass is 9.83. The zero-order chi connectivity index (χ0) is 16.2. The average molecular weight is 314 g/mol. The summed E-state index contributed by atoms with van der Waals surface area (Å²) >= 11 is 0. The Labute approximate surface area is 136 Å². The lowest BCUT2D eigenvalue weighted by molar-refractivity contribution is -0.270. The molecule has 3 heteroatoms. The fraction of sp³-hybridized carbons (Fsp3) is 0.400. The van der Waals surface area contributed by atoms with Gasteiger partial charge in [0.1, 0.15) is 11.9 Å². The van der Waals surface area contributed by atoms with Crippen LogP contribution in [0.25, 0.3) is 0 Å². The highest BCUT2D eigenvalue weighted by molar-refractivity contribution is 5.35. The van der Waals surface area contributed by atoms with E-state index in [9.17, 15) is 9.65 Å². The third kappa shape index (κ3) is 3.62. The molecule has 1 aliphatic rings. The molecule has 2 nitrogen and oxygen atoms in total. The van der Waals surface area contributed by atoms with E-state index < -0.39 is 6.10 Å². The van der Waals surface area contributed by atoms with Crippen molar-refractivity contribution in [2.75, 3.05) is 0 Å². The minimum Gasteiger partial charge on any atom is -0.251 e. The van der Waals surface area contributed by atoms with Crippen LogP contribution in [0, 0.1) is 12.7 Å². The van der Waals surface area contributed by atoms with E-state index in [-0.39, 0.29) is 5.82 Å². The van der Waals surface area contributed by atoms with E-state index in [2.05, 4.69) is 17.0 Å². The maximum atomic E-state index is 13.8. The molecule has 1 fully saturated rings. The molecular weight excluding hydrogens is 291 g/mol. The lowest BCUT2D eigenvalue weighted by Crippen LogP contribution is -2.07. The molecule has 2 aromatic carbocycles. The molecule has 3 rings (SSSR count). The molecule has 0 aromatic heterocycles. The second kappa shape index (κ2) is 7.24. The van der Waals surface area contributed by atoms with E-state index in [1.807, 2.05) is 12.1 Å². The minimum atomic E-state index is -0.662. The Morgan fingerprint density at radius 3 is 2.26 bits per heavy atom. The molecule has 1 saturated carbocycles. The summed E-state index contributed by atoms with van der Waals surface area (Å²) in [6, 6.07) is 13.1. The third-order valence-corrected chi connectivity index (χ3v) is 4.92. The second-order valence-corrected chi connectivity index (χ2v) is 6.50. The molecule has 2 aromatic rings. The first kappa shape index (κ1) is 16.2. The molecule has 0 spiro atoms. The van der Waals surface area contributed by atoms with E-state index in [1.54, 1.807) is 19.1 Å². The van der Waals surface area contributed by atoms with Gasteiger partial charge in [-0.3, -0.25) is 5.26 Å². The van der Waals surface area contributed by atoms with Crippen molar-refractivity contribution in [2.45, 2.75) is 51.0 Å². The molecule has 1 unspecified atom stereocenters. The Kier molecular flexibility index (Phi) is 5.09. The second-order valence-electron chi connectivity index (χ2n) is 6.50. The van der Waals surface area contributed by atoms with Crippen LogP contribution in [0.1, 0.15) is 66.4 Å². The van der Waals surface area contributed by atoms with E-state index in [1.165, 1.54) is 43.7 Å². The van der Waals surface area contributed by atoms with Crippen molar-refractivity contribution in [1.29, 1.82) is 0 Å². The Hall–Kier alpha value is -1.71. The molecule has 0 bridgehead atoms. The van der Waals surface area contributed by atoms with E-state index >= 15 is 0 Å². The maximum absolute atomic E-state index is 13.8. The summed E-state index contributed by atoms with van der Waals surface area (Å²) in [6.45, 7) is 1.72. The van der Waals surface area contributed by atoms with Crippen LogP contribution in [-0.2, 0) is 4.89 Å². The molecule has 23 heavy (non-hydrogen) atoms. The van der Waals surface area contributed by atoms with Crippen LogP contribution in [0.15, 0.2) is 42.5 Å². The predicted molar refractivity (Wildman–Crippen MR) is 89.0 cm³/mol.